The number of halogens is 1. The number of benzene rings is 1. The maximum Gasteiger partial charge on any atom is 0.245 e. The monoisotopic (exact) mass is 423 g/mol. The van der Waals surface area contributed by atoms with Crippen LogP contribution in [-0.2, 0) is 4.74 Å². The molecule has 1 fully saturated rings. The molecule has 0 bridgehead atoms. The lowest BCUT2D eigenvalue weighted by Crippen LogP contribution is -2.37. The van der Waals surface area contributed by atoms with Gasteiger partial charge in [-0.25, -0.2) is 14.6 Å². The van der Waals surface area contributed by atoms with E-state index in [2.05, 4.69) is 40.5 Å². The zero-order valence-electron chi connectivity index (χ0n) is 15.9. The molecule has 1 aliphatic heterocycles. The van der Waals surface area contributed by atoms with Crippen LogP contribution in [0.15, 0.2) is 49.2 Å². The highest BCUT2D eigenvalue weighted by atomic mass is 35.5. The van der Waals surface area contributed by atoms with Crippen LogP contribution in [0.25, 0.3) is 16.9 Å². The number of hydrogen-bond acceptors (Lipinski definition) is 8. The molecular weight excluding hydrogens is 406 g/mol. The first-order chi connectivity index (χ1) is 14.8. The second-order valence-electron chi connectivity index (χ2n) is 6.64. The Bertz CT molecular complexity index is 1120. The number of nitrogens with zero attached hydrogens (tertiary/aromatic N) is 7. The van der Waals surface area contributed by atoms with Crippen molar-refractivity contribution in [1.29, 1.82) is 0 Å². The molecule has 0 atom stereocenters. The Kier molecular flexibility index (Phi) is 4.99. The van der Waals surface area contributed by atoms with Gasteiger partial charge in [0.1, 0.15) is 6.33 Å². The standard InChI is InChI=1S/C19H18ClN9O/c20-16-11-21-18(26-17(16)13-9-23-24-10-13)25-14-1-3-15(4-2-14)29-12-22-19(27-29)28-5-7-30-8-6-28/h1-4,9-12H,5-8H2,(H,23,24)(H,21,25,26). The molecule has 1 saturated heterocycles. The molecule has 0 unspecified atom stereocenters. The normalized spacial score (nSPS) is 14.1. The molecule has 10 nitrogen and oxygen atoms in total. The Labute approximate surface area is 176 Å². The number of rotatable bonds is 5. The largest absolute Gasteiger partial charge is 0.378 e. The molecule has 0 saturated carbocycles. The van der Waals surface area contributed by atoms with E-state index in [9.17, 15) is 0 Å². The SMILES string of the molecule is Clc1cnc(Nc2ccc(-n3cnc(N4CCOCC4)n3)cc2)nc1-c1cn[nH]c1. The fraction of sp³-hybridized carbons (Fsp3) is 0.211. The Morgan fingerprint density at radius 3 is 2.67 bits per heavy atom. The minimum atomic E-state index is 0.443. The summed E-state index contributed by atoms with van der Waals surface area (Å²) in [5.74, 6) is 1.15. The highest BCUT2D eigenvalue weighted by Crippen LogP contribution is 2.26. The Morgan fingerprint density at radius 1 is 1.07 bits per heavy atom. The average molecular weight is 424 g/mol. The van der Waals surface area contributed by atoms with Crippen molar-refractivity contribution in [1.82, 2.24) is 34.9 Å². The number of ether oxygens (including phenoxy) is 1. The molecule has 0 amide bonds. The van der Waals surface area contributed by atoms with Gasteiger partial charge in [0.05, 0.1) is 42.0 Å². The van der Waals surface area contributed by atoms with Gasteiger partial charge in [-0.2, -0.15) is 10.1 Å². The highest BCUT2D eigenvalue weighted by Gasteiger charge is 2.15. The first-order valence-electron chi connectivity index (χ1n) is 9.40. The molecule has 1 aliphatic rings. The number of aromatic amines is 1. The topological polar surface area (TPSA) is 110 Å². The molecule has 4 heterocycles. The van der Waals surface area contributed by atoms with E-state index in [0.717, 1.165) is 30.0 Å². The highest BCUT2D eigenvalue weighted by molar-refractivity contribution is 6.32. The van der Waals surface area contributed by atoms with Gasteiger partial charge in [-0.1, -0.05) is 11.6 Å². The minimum Gasteiger partial charge on any atom is -0.378 e. The van der Waals surface area contributed by atoms with E-state index in [0.29, 0.717) is 35.8 Å². The number of morpholine rings is 1. The van der Waals surface area contributed by atoms with Crippen LogP contribution in [0.1, 0.15) is 0 Å². The molecule has 2 N–H and O–H groups in total. The Balaban J connectivity index is 1.31. The van der Waals surface area contributed by atoms with Gasteiger partial charge in [0.15, 0.2) is 0 Å². The van der Waals surface area contributed by atoms with E-state index in [1.54, 1.807) is 29.6 Å². The maximum atomic E-state index is 6.22. The van der Waals surface area contributed by atoms with Crippen LogP contribution in [0.3, 0.4) is 0 Å². The number of H-pyrrole nitrogens is 1. The molecule has 152 valence electrons. The number of nitrogens with one attached hydrogen (secondary N) is 2. The van der Waals surface area contributed by atoms with Gasteiger partial charge >= 0.3 is 0 Å². The lowest BCUT2D eigenvalue weighted by atomic mass is 10.2. The van der Waals surface area contributed by atoms with Gasteiger partial charge in [-0.3, -0.25) is 5.10 Å². The fourth-order valence-electron chi connectivity index (χ4n) is 3.12. The second-order valence-corrected chi connectivity index (χ2v) is 7.04. The molecule has 0 radical (unpaired) electrons. The van der Waals surface area contributed by atoms with Gasteiger partial charge in [0, 0.05) is 30.5 Å². The van der Waals surface area contributed by atoms with Gasteiger partial charge in [-0.05, 0) is 24.3 Å². The summed E-state index contributed by atoms with van der Waals surface area (Å²) in [6, 6.07) is 7.77. The van der Waals surface area contributed by atoms with Gasteiger partial charge in [-0.15, -0.1) is 5.10 Å². The summed E-state index contributed by atoms with van der Waals surface area (Å²) in [5, 5.41) is 14.9. The van der Waals surface area contributed by atoms with Crippen molar-refractivity contribution in [2.75, 3.05) is 36.5 Å². The summed E-state index contributed by atoms with van der Waals surface area (Å²) >= 11 is 6.22. The Morgan fingerprint density at radius 2 is 1.90 bits per heavy atom. The van der Waals surface area contributed by atoms with E-state index >= 15 is 0 Å². The van der Waals surface area contributed by atoms with Gasteiger partial charge < -0.3 is 15.0 Å². The fourth-order valence-corrected chi connectivity index (χ4v) is 3.32. The quantitative estimate of drug-likeness (QED) is 0.504. The maximum absolute atomic E-state index is 6.22. The molecular formula is C19H18ClN9O. The zero-order chi connectivity index (χ0) is 20.3. The molecule has 0 spiro atoms. The van der Waals surface area contributed by atoms with Crippen molar-refractivity contribution in [2.24, 2.45) is 0 Å². The van der Waals surface area contributed by atoms with Crippen LogP contribution in [0, 0.1) is 0 Å². The lowest BCUT2D eigenvalue weighted by Gasteiger charge is -2.25. The van der Waals surface area contributed by atoms with E-state index < -0.39 is 0 Å². The average Bonchev–Trinajstić information content (AvgIpc) is 3.49. The first-order valence-corrected chi connectivity index (χ1v) is 9.77. The third-order valence-corrected chi connectivity index (χ3v) is 4.95. The predicted octanol–water partition coefficient (Wildman–Crippen LogP) is 2.68. The van der Waals surface area contributed by atoms with Crippen molar-refractivity contribution in [3.8, 4) is 16.9 Å². The third-order valence-electron chi connectivity index (χ3n) is 4.68. The van der Waals surface area contributed by atoms with Crippen molar-refractivity contribution in [3.05, 3.63) is 54.2 Å². The van der Waals surface area contributed by atoms with E-state index in [4.69, 9.17) is 16.3 Å². The van der Waals surface area contributed by atoms with Crippen molar-refractivity contribution >= 4 is 29.2 Å². The van der Waals surface area contributed by atoms with E-state index in [1.165, 1.54) is 0 Å². The smallest absolute Gasteiger partial charge is 0.245 e. The molecule has 1 aromatic carbocycles. The summed E-state index contributed by atoms with van der Waals surface area (Å²) in [7, 11) is 0. The van der Waals surface area contributed by atoms with Crippen LogP contribution in [0.4, 0.5) is 17.6 Å². The predicted molar refractivity (Wildman–Crippen MR) is 112 cm³/mol. The molecule has 5 rings (SSSR count). The molecule has 4 aromatic rings. The number of aromatic nitrogens is 7. The lowest BCUT2D eigenvalue weighted by molar-refractivity contribution is 0.122. The van der Waals surface area contributed by atoms with E-state index in [1.807, 2.05) is 24.3 Å². The summed E-state index contributed by atoms with van der Waals surface area (Å²) in [5.41, 5.74) is 3.15. The van der Waals surface area contributed by atoms with E-state index in [-0.39, 0.29) is 0 Å². The summed E-state index contributed by atoms with van der Waals surface area (Å²) in [6.45, 7) is 3.00. The van der Waals surface area contributed by atoms with Gasteiger partial charge in [0.2, 0.25) is 11.9 Å². The number of anilines is 3. The van der Waals surface area contributed by atoms with Crippen LogP contribution in [0.5, 0.6) is 0 Å². The van der Waals surface area contributed by atoms with Crippen molar-refractivity contribution in [3.63, 3.8) is 0 Å². The Hall–Kier alpha value is -3.50. The van der Waals surface area contributed by atoms with Crippen LogP contribution >= 0.6 is 11.6 Å². The summed E-state index contributed by atoms with van der Waals surface area (Å²) in [4.78, 5) is 15.3. The number of hydrogen-bond donors (Lipinski definition) is 2. The zero-order valence-corrected chi connectivity index (χ0v) is 16.6. The molecule has 11 heteroatoms. The van der Waals surface area contributed by atoms with Crippen LogP contribution in [0.2, 0.25) is 5.02 Å². The molecule has 3 aromatic heterocycles. The van der Waals surface area contributed by atoms with Crippen LogP contribution in [-0.4, -0.2) is 61.2 Å². The third kappa shape index (κ3) is 3.82. The van der Waals surface area contributed by atoms with Crippen LogP contribution < -0.4 is 10.2 Å². The molecule has 0 aliphatic carbocycles. The minimum absolute atomic E-state index is 0.443. The first kappa shape index (κ1) is 18.5. The van der Waals surface area contributed by atoms with Crippen molar-refractivity contribution in [2.45, 2.75) is 0 Å². The summed E-state index contributed by atoms with van der Waals surface area (Å²) < 4.78 is 7.13. The summed E-state index contributed by atoms with van der Waals surface area (Å²) in [6.07, 6.45) is 6.68. The van der Waals surface area contributed by atoms with Crippen molar-refractivity contribution < 1.29 is 4.74 Å². The molecule has 30 heavy (non-hydrogen) atoms. The van der Waals surface area contributed by atoms with Gasteiger partial charge in [0.25, 0.3) is 0 Å². The second kappa shape index (κ2) is 8.09.